The van der Waals surface area contributed by atoms with Gasteiger partial charge in [0.15, 0.2) is 5.13 Å². The Labute approximate surface area is 142 Å². The second-order valence-electron chi connectivity index (χ2n) is 5.47. The van der Waals surface area contributed by atoms with Gasteiger partial charge in [0.25, 0.3) is 5.91 Å². The first-order chi connectivity index (χ1) is 11.1. The highest BCUT2D eigenvalue weighted by atomic mass is 32.1. The van der Waals surface area contributed by atoms with E-state index in [-0.39, 0.29) is 24.3 Å². The smallest absolute Gasteiger partial charge is 0.267 e. The number of rotatable bonds is 4. The van der Waals surface area contributed by atoms with Crippen LogP contribution in [0, 0.1) is 0 Å². The predicted octanol–water partition coefficient (Wildman–Crippen LogP) is 1.95. The SMILES string of the molecule is NC1CCN(C(=O)Cc2csc(NC(=O)c3cccs3)n2)CC1. The number of likely N-dealkylation sites (tertiary alicyclic amines) is 1. The average molecular weight is 350 g/mol. The fraction of sp³-hybridized carbons (Fsp3) is 0.400. The number of aromatic nitrogens is 1. The second-order valence-corrected chi connectivity index (χ2v) is 7.28. The summed E-state index contributed by atoms with van der Waals surface area (Å²) in [6.45, 7) is 1.43. The van der Waals surface area contributed by atoms with Crippen LogP contribution >= 0.6 is 22.7 Å². The minimum Gasteiger partial charge on any atom is -0.342 e. The Morgan fingerprint density at radius 2 is 2.13 bits per heavy atom. The van der Waals surface area contributed by atoms with Crippen LogP contribution in [0.3, 0.4) is 0 Å². The van der Waals surface area contributed by atoms with Crippen molar-refractivity contribution in [2.75, 3.05) is 18.4 Å². The van der Waals surface area contributed by atoms with E-state index in [4.69, 9.17) is 5.73 Å². The van der Waals surface area contributed by atoms with Crippen LogP contribution in [0.25, 0.3) is 0 Å². The molecule has 0 aliphatic carbocycles. The Morgan fingerprint density at radius 1 is 1.35 bits per heavy atom. The number of hydrogen-bond donors (Lipinski definition) is 2. The van der Waals surface area contributed by atoms with E-state index in [1.54, 1.807) is 6.07 Å². The van der Waals surface area contributed by atoms with Crippen LogP contribution in [-0.4, -0.2) is 40.8 Å². The van der Waals surface area contributed by atoms with Crippen LogP contribution in [0.4, 0.5) is 5.13 Å². The molecular weight excluding hydrogens is 332 g/mol. The normalized spacial score (nSPS) is 15.6. The highest BCUT2D eigenvalue weighted by Crippen LogP contribution is 2.19. The van der Waals surface area contributed by atoms with E-state index in [2.05, 4.69) is 10.3 Å². The molecule has 0 atom stereocenters. The number of carbonyl (C=O) groups is 2. The zero-order chi connectivity index (χ0) is 16.2. The van der Waals surface area contributed by atoms with Crippen LogP contribution in [0.1, 0.15) is 28.2 Å². The lowest BCUT2D eigenvalue weighted by Gasteiger charge is -2.30. The molecule has 0 spiro atoms. The Balaban J connectivity index is 1.55. The van der Waals surface area contributed by atoms with Gasteiger partial charge in [-0.25, -0.2) is 4.98 Å². The maximum absolute atomic E-state index is 12.3. The van der Waals surface area contributed by atoms with Gasteiger partial charge in [0, 0.05) is 24.5 Å². The van der Waals surface area contributed by atoms with Crippen molar-refractivity contribution < 1.29 is 9.59 Å². The van der Waals surface area contributed by atoms with Gasteiger partial charge in [-0.05, 0) is 24.3 Å². The van der Waals surface area contributed by atoms with E-state index < -0.39 is 0 Å². The molecule has 0 radical (unpaired) electrons. The molecule has 2 aromatic heterocycles. The quantitative estimate of drug-likeness (QED) is 0.882. The van der Waals surface area contributed by atoms with Crippen molar-refractivity contribution >= 4 is 39.6 Å². The van der Waals surface area contributed by atoms with Gasteiger partial charge in [0.1, 0.15) is 0 Å². The van der Waals surface area contributed by atoms with Crippen molar-refractivity contribution in [3.05, 3.63) is 33.5 Å². The molecule has 0 unspecified atom stereocenters. The van der Waals surface area contributed by atoms with Crippen LogP contribution in [0.15, 0.2) is 22.9 Å². The van der Waals surface area contributed by atoms with Crippen molar-refractivity contribution in [2.24, 2.45) is 5.73 Å². The first-order valence-corrected chi connectivity index (χ1v) is 9.20. The van der Waals surface area contributed by atoms with Gasteiger partial charge in [0.05, 0.1) is 17.0 Å². The maximum Gasteiger partial charge on any atom is 0.267 e. The number of nitrogens with one attached hydrogen (secondary N) is 1. The van der Waals surface area contributed by atoms with Crippen LogP contribution < -0.4 is 11.1 Å². The summed E-state index contributed by atoms with van der Waals surface area (Å²) in [4.78, 5) is 31.0. The van der Waals surface area contributed by atoms with Crippen molar-refractivity contribution in [2.45, 2.75) is 25.3 Å². The van der Waals surface area contributed by atoms with Crippen LogP contribution in [-0.2, 0) is 11.2 Å². The Bertz CT molecular complexity index is 675. The summed E-state index contributed by atoms with van der Waals surface area (Å²) in [7, 11) is 0. The first-order valence-electron chi connectivity index (χ1n) is 7.44. The Hall–Kier alpha value is -1.77. The molecule has 1 fully saturated rings. The number of nitrogens with zero attached hydrogens (tertiary/aromatic N) is 2. The molecule has 1 saturated heterocycles. The number of carbonyl (C=O) groups excluding carboxylic acids is 2. The molecule has 3 rings (SSSR count). The fourth-order valence-electron chi connectivity index (χ4n) is 2.43. The molecular formula is C15H18N4O2S2. The number of hydrogen-bond acceptors (Lipinski definition) is 6. The van der Waals surface area contributed by atoms with E-state index in [0.29, 0.717) is 28.8 Å². The van der Waals surface area contributed by atoms with Gasteiger partial charge >= 0.3 is 0 Å². The number of piperidine rings is 1. The number of thiazole rings is 1. The summed E-state index contributed by atoms with van der Waals surface area (Å²) in [5.41, 5.74) is 6.54. The molecule has 8 heteroatoms. The summed E-state index contributed by atoms with van der Waals surface area (Å²) in [6.07, 6.45) is 1.97. The van der Waals surface area contributed by atoms with Gasteiger partial charge in [-0.15, -0.1) is 22.7 Å². The first kappa shape index (κ1) is 16.1. The van der Waals surface area contributed by atoms with E-state index in [0.717, 1.165) is 12.8 Å². The van der Waals surface area contributed by atoms with Gasteiger partial charge in [0.2, 0.25) is 5.91 Å². The van der Waals surface area contributed by atoms with Crippen molar-refractivity contribution in [3.8, 4) is 0 Å². The molecule has 3 heterocycles. The van der Waals surface area contributed by atoms with Gasteiger partial charge in [-0.2, -0.15) is 0 Å². The second kappa shape index (κ2) is 7.20. The fourth-order valence-corrected chi connectivity index (χ4v) is 3.75. The number of thiophene rings is 1. The van der Waals surface area contributed by atoms with E-state index in [1.807, 2.05) is 21.7 Å². The van der Waals surface area contributed by atoms with E-state index in [1.165, 1.54) is 22.7 Å². The van der Waals surface area contributed by atoms with E-state index in [9.17, 15) is 9.59 Å². The third kappa shape index (κ3) is 4.15. The van der Waals surface area contributed by atoms with Crippen LogP contribution in [0.2, 0.25) is 0 Å². The zero-order valence-electron chi connectivity index (χ0n) is 12.5. The largest absolute Gasteiger partial charge is 0.342 e. The van der Waals surface area contributed by atoms with Gasteiger partial charge < -0.3 is 10.6 Å². The number of amides is 2. The monoisotopic (exact) mass is 350 g/mol. The lowest BCUT2D eigenvalue weighted by atomic mass is 10.1. The highest BCUT2D eigenvalue weighted by molar-refractivity contribution is 7.14. The third-order valence-electron chi connectivity index (χ3n) is 3.74. The molecule has 122 valence electrons. The summed E-state index contributed by atoms with van der Waals surface area (Å²) in [5.74, 6) is -0.101. The van der Waals surface area contributed by atoms with Crippen LogP contribution in [0.5, 0.6) is 0 Å². The third-order valence-corrected chi connectivity index (χ3v) is 5.42. The summed E-state index contributed by atoms with van der Waals surface area (Å²) in [5, 5.41) is 6.95. The molecule has 2 aromatic rings. The lowest BCUT2D eigenvalue weighted by molar-refractivity contribution is -0.131. The molecule has 0 aromatic carbocycles. The lowest BCUT2D eigenvalue weighted by Crippen LogP contribution is -2.43. The predicted molar refractivity (Wildman–Crippen MR) is 91.9 cm³/mol. The van der Waals surface area contributed by atoms with Gasteiger partial charge in [-0.3, -0.25) is 14.9 Å². The molecule has 1 aliphatic heterocycles. The number of nitrogens with two attached hydrogens (primary N) is 1. The summed E-state index contributed by atoms with van der Waals surface area (Å²) >= 11 is 2.72. The standard InChI is InChI=1S/C15H18N4O2S2/c16-10-3-5-19(6-4-10)13(20)8-11-9-23-15(17-11)18-14(21)12-2-1-7-22-12/h1-2,7,9-10H,3-6,8,16H2,(H,17,18,21). The molecule has 23 heavy (non-hydrogen) atoms. The Morgan fingerprint density at radius 3 is 2.83 bits per heavy atom. The van der Waals surface area contributed by atoms with Crippen molar-refractivity contribution in [1.29, 1.82) is 0 Å². The average Bonchev–Trinajstić information content (AvgIpc) is 3.19. The molecule has 3 N–H and O–H groups in total. The molecule has 1 aliphatic rings. The maximum atomic E-state index is 12.3. The van der Waals surface area contributed by atoms with E-state index >= 15 is 0 Å². The molecule has 0 saturated carbocycles. The topological polar surface area (TPSA) is 88.3 Å². The summed E-state index contributed by atoms with van der Waals surface area (Å²) < 4.78 is 0. The molecule has 6 nitrogen and oxygen atoms in total. The Kier molecular flexibility index (Phi) is 5.04. The minimum atomic E-state index is -0.169. The summed E-state index contributed by atoms with van der Waals surface area (Å²) in [6, 6.07) is 3.80. The highest BCUT2D eigenvalue weighted by Gasteiger charge is 2.21. The minimum absolute atomic E-state index is 0.0679. The van der Waals surface area contributed by atoms with Gasteiger partial charge in [-0.1, -0.05) is 6.07 Å². The zero-order valence-corrected chi connectivity index (χ0v) is 14.2. The molecule has 2 amide bonds. The number of anilines is 1. The van der Waals surface area contributed by atoms with Crippen molar-refractivity contribution in [1.82, 2.24) is 9.88 Å². The van der Waals surface area contributed by atoms with Crippen molar-refractivity contribution in [3.63, 3.8) is 0 Å². The molecule has 0 bridgehead atoms.